The lowest BCUT2D eigenvalue weighted by Crippen LogP contribution is -2.20. The summed E-state index contributed by atoms with van der Waals surface area (Å²) in [5.74, 6) is -0.0692. The maximum atomic E-state index is 12.2. The smallest absolute Gasteiger partial charge is 0.190 e. The van der Waals surface area contributed by atoms with Crippen molar-refractivity contribution >= 4 is 11.6 Å². The number of aliphatic hydroxyl groups excluding tert-OH is 1. The quantitative estimate of drug-likeness (QED) is 0.882. The molecular weight excluding hydrogens is 232 g/mol. The highest BCUT2D eigenvalue weighted by atomic mass is 16.5. The molecule has 0 fully saturated rings. The van der Waals surface area contributed by atoms with E-state index in [4.69, 9.17) is 4.74 Å². The van der Waals surface area contributed by atoms with E-state index in [0.717, 1.165) is 0 Å². The Hall–Kier alpha value is -1.94. The van der Waals surface area contributed by atoms with Crippen molar-refractivity contribution in [2.75, 3.05) is 7.11 Å². The first-order valence-corrected chi connectivity index (χ1v) is 5.69. The third-order valence-corrected chi connectivity index (χ3v) is 2.85. The molecule has 0 aromatic heterocycles. The Kier molecular flexibility index (Phi) is 3.30. The fraction of sp³-hybridized carbons (Fsp3) is 0.286. The van der Waals surface area contributed by atoms with Gasteiger partial charge < -0.3 is 9.84 Å². The summed E-state index contributed by atoms with van der Waals surface area (Å²) in [4.78, 5) is 24.2. The summed E-state index contributed by atoms with van der Waals surface area (Å²) in [6.45, 7) is 1.58. The van der Waals surface area contributed by atoms with Gasteiger partial charge in [0.25, 0.3) is 0 Å². The Morgan fingerprint density at radius 1 is 1.33 bits per heavy atom. The molecule has 0 saturated heterocycles. The van der Waals surface area contributed by atoms with E-state index >= 15 is 0 Å². The molecule has 2 rings (SSSR count). The van der Waals surface area contributed by atoms with Crippen molar-refractivity contribution in [2.45, 2.75) is 19.4 Å². The maximum absolute atomic E-state index is 12.2. The van der Waals surface area contributed by atoms with Crippen molar-refractivity contribution in [2.24, 2.45) is 0 Å². The number of carbonyl (C=O) groups is 2. The number of ketones is 2. The lowest BCUT2D eigenvalue weighted by Gasteiger charge is -2.18. The minimum atomic E-state index is -0.653. The van der Waals surface area contributed by atoms with Gasteiger partial charge in [-0.2, -0.15) is 0 Å². The van der Waals surface area contributed by atoms with Crippen LogP contribution in [-0.4, -0.2) is 29.9 Å². The van der Waals surface area contributed by atoms with Crippen LogP contribution in [-0.2, 0) is 0 Å². The number of hydrogen-bond acceptors (Lipinski definition) is 4. The van der Waals surface area contributed by atoms with Crippen LogP contribution < -0.4 is 4.74 Å². The molecule has 0 radical (unpaired) electrons. The van der Waals surface area contributed by atoms with Gasteiger partial charge in [-0.05, 0) is 19.1 Å². The van der Waals surface area contributed by atoms with Crippen LogP contribution in [0, 0.1) is 0 Å². The second kappa shape index (κ2) is 4.74. The van der Waals surface area contributed by atoms with Gasteiger partial charge in [-0.1, -0.05) is 12.1 Å². The molecule has 18 heavy (non-hydrogen) atoms. The van der Waals surface area contributed by atoms with Crippen LogP contribution in [0.1, 0.15) is 34.1 Å². The summed E-state index contributed by atoms with van der Waals surface area (Å²) < 4.78 is 5.10. The number of benzene rings is 1. The molecule has 0 aliphatic heterocycles. The van der Waals surface area contributed by atoms with Crippen LogP contribution in [0.15, 0.2) is 29.8 Å². The van der Waals surface area contributed by atoms with Crippen molar-refractivity contribution in [1.82, 2.24) is 0 Å². The highest BCUT2D eigenvalue weighted by Crippen LogP contribution is 2.30. The molecule has 1 aromatic carbocycles. The molecule has 0 saturated carbocycles. The molecule has 0 spiro atoms. The molecule has 4 heteroatoms. The number of fused-ring (bicyclic) bond motifs is 1. The Labute approximate surface area is 105 Å². The van der Waals surface area contributed by atoms with Crippen LogP contribution in [0.2, 0.25) is 0 Å². The molecule has 0 amide bonds. The average Bonchev–Trinajstić information content (AvgIpc) is 2.34. The van der Waals surface area contributed by atoms with E-state index in [2.05, 4.69) is 0 Å². The van der Waals surface area contributed by atoms with Crippen molar-refractivity contribution in [3.05, 3.63) is 41.0 Å². The second-order valence-corrected chi connectivity index (χ2v) is 4.30. The number of hydrogen-bond donors (Lipinski definition) is 1. The third kappa shape index (κ3) is 2.07. The molecule has 1 N–H and O–H groups in total. The van der Waals surface area contributed by atoms with Crippen LogP contribution in [0.3, 0.4) is 0 Å². The number of Topliss-reactive ketones (excluding diaryl/α,β-unsaturated/α-hetero) is 1. The molecule has 0 unspecified atom stereocenters. The second-order valence-electron chi connectivity index (χ2n) is 4.30. The average molecular weight is 246 g/mol. The topological polar surface area (TPSA) is 63.6 Å². The van der Waals surface area contributed by atoms with E-state index in [1.165, 1.54) is 13.2 Å². The Morgan fingerprint density at radius 3 is 2.67 bits per heavy atom. The number of allylic oxidation sites excluding steroid dienone is 1. The minimum absolute atomic E-state index is 0.182. The number of aliphatic hydroxyl groups is 1. The predicted octanol–water partition coefficient (Wildman–Crippen LogP) is 1.77. The predicted molar refractivity (Wildman–Crippen MR) is 66.0 cm³/mol. The first-order chi connectivity index (χ1) is 8.54. The molecule has 0 bridgehead atoms. The Morgan fingerprint density at radius 2 is 2.06 bits per heavy atom. The molecule has 1 aliphatic carbocycles. The standard InChI is InChI=1S/C14H14O4/c1-8(15)6-9-7-11(16)13-10(14(9)17)4-3-5-12(13)18-2/h3-5,7-8,15H,6H2,1-2H3/t8-/m1/s1. The van der Waals surface area contributed by atoms with E-state index in [-0.39, 0.29) is 18.0 Å². The first-order valence-electron chi connectivity index (χ1n) is 5.69. The molecule has 1 aromatic rings. The monoisotopic (exact) mass is 246 g/mol. The summed E-state index contributed by atoms with van der Waals surface area (Å²) in [7, 11) is 1.46. The van der Waals surface area contributed by atoms with E-state index < -0.39 is 6.10 Å². The fourth-order valence-corrected chi connectivity index (χ4v) is 2.08. The van der Waals surface area contributed by atoms with E-state index in [9.17, 15) is 14.7 Å². The van der Waals surface area contributed by atoms with Crippen LogP contribution in [0.25, 0.3) is 0 Å². The van der Waals surface area contributed by atoms with Crippen molar-refractivity contribution < 1.29 is 19.4 Å². The molecule has 94 valence electrons. The number of rotatable bonds is 3. The summed E-state index contributed by atoms with van der Waals surface area (Å²) >= 11 is 0. The fourth-order valence-electron chi connectivity index (χ4n) is 2.08. The van der Waals surface area contributed by atoms with Crippen LogP contribution in [0.5, 0.6) is 5.75 Å². The van der Waals surface area contributed by atoms with Gasteiger partial charge in [0.15, 0.2) is 11.6 Å². The lowest BCUT2D eigenvalue weighted by atomic mass is 9.87. The summed E-state index contributed by atoms with van der Waals surface area (Å²) in [5.41, 5.74) is 0.993. The lowest BCUT2D eigenvalue weighted by molar-refractivity contribution is 0.0968. The van der Waals surface area contributed by atoms with Crippen LogP contribution in [0.4, 0.5) is 0 Å². The summed E-state index contributed by atoms with van der Waals surface area (Å²) in [5, 5.41) is 9.33. The normalized spacial score (nSPS) is 16.1. The summed E-state index contributed by atoms with van der Waals surface area (Å²) in [6.07, 6.45) is 0.821. The molecule has 1 atom stereocenters. The van der Waals surface area contributed by atoms with Crippen molar-refractivity contribution in [3.8, 4) is 5.75 Å². The minimum Gasteiger partial charge on any atom is -0.496 e. The van der Waals surface area contributed by atoms with E-state index in [1.807, 2.05) is 0 Å². The zero-order valence-electron chi connectivity index (χ0n) is 10.3. The van der Waals surface area contributed by atoms with Gasteiger partial charge in [0.2, 0.25) is 0 Å². The van der Waals surface area contributed by atoms with Crippen molar-refractivity contribution in [1.29, 1.82) is 0 Å². The van der Waals surface area contributed by atoms with E-state index in [0.29, 0.717) is 22.4 Å². The third-order valence-electron chi connectivity index (χ3n) is 2.85. The molecule has 0 heterocycles. The maximum Gasteiger partial charge on any atom is 0.190 e. The van der Waals surface area contributed by atoms with E-state index in [1.54, 1.807) is 25.1 Å². The summed E-state index contributed by atoms with van der Waals surface area (Å²) in [6, 6.07) is 4.93. The SMILES string of the molecule is COc1cccc2c1C(=O)C=C(C[C@@H](C)O)C2=O. The number of methoxy groups -OCH3 is 1. The van der Waals surface area contributed by atoms with Gasteiger partial charge in [0.05, 0.1) is 18.8 Å². The van der Waals surface area contributed by atoms with Crippen molar-refractivity contribution in [3.63, 3.8) is 0 Å². The van der Waals surface area contributed by atoms with Gasteiger partial charge in [0, 0.05) is 17.6 Å². The highest BCUT2D eigenvalue weighted by molar-refractivity contribution is 6.25. The number of ether oxygens (including phenoxy) is 1. The van der Waals surface area contributed by atoms with Gasteiger partial charge >= 0.3 is 0 Å². The Balaban J connectivity index is 2.50. The molecular formula is C14H14O4. The van der Waals surface area contributed by atoms with Gasteiger partial charge in [0.1, 0.15) is 5.75 Å². The molecule has 1 aliphatic rings. The van der Waals surface area contributed by atoms with Gasteiger partial charge in [-0.25, -0.2) is 0 Å². The van der Waals surface area contributed by atoms with Gasteiger partial charge in [-0.15, -0.1) is 0 Å². The largest absolute Gasteiger partial charge is 0.496 e. The Bertz CT molecular complexity index is 541. The van der Waals surface area contributed by atoms with Crippen LogP contribution >= 0.6 is 0 Å². The first kappa shape index (κ1) is 12.5. The molecule has 4 nitrogen and oxygen atoms in total. The van der Waals surface area contributed by atoms with Gasteiger partial charge in [-0.3, -0.25) is 9.59 Å². The number of carbonyl (C=O) groups excluding carboxylic acids is 2. The highest BCUT2D eigenvalue weighted by Gasteiger charge is 2.28. The zero-order chi connectivity index (χ0) is 13.3. The zero-order valence-corrected chi connectivity index (χ0v) is 10.3.